The van der Waals surface area contributed by atoms with E-state index in [-0.39, 0.29) is 6.10 Å². The number of aryl methyl sites for hydroxylation is 1. The van der Waals surface area contributed by atoms with E-state index in [1.165, 1.54) is 6.42 Å². The highest BCUT2D eigenvalue weighted by molar-refractivity contribution is 5.47. The Bertz CT molecular complexity index is 419. The summed E-state index contributed by atoms with van der Waals surface area (Å²) in [5.74, 6) is 7.39. The topological polar surface area (TPSA) is 82.3 Å². The Balaban J connectivity index is 2.05. The summed E-state index contributed by atoms with van der Waals surface area (Å²) < 4.78 is 11.4. The van der Waals surface area contributed by atoms with E-state index >= 15 is 0 Å². The fourth-order valence-electron chi connectivity index (χ4n) is 2.09. The number of anilines is 1. The first-order valence-electron chi connectivity index (χ1n) is 6.83. The van der Waals surface area contributed by atoms with Crippen molar-refractivity contribution < 1.29 is 9.47 Å². The number of nitrogens with two attached hydrogens (primary N) is 1. The Kier molecular flexibility index (Phi) is 4.93. The highest BCUT2D eigenvalue weighted by atomic mass is 16.5. The zero-order valence-electron chi connectivity index (χ0n) is 11.6. The predicted octanol–water partition coefficient (Wildman–Crippen LogP) is 1.58. The maximum atomic E-state index is 5.79. The third-order valence-electron chi connectivity index (χ3n) is 3.28. The van der Waals surface area contributed by atoms with Crippen LogP contribution in [-0.2, 0) is 11.2 Å². The van der Waals surface area contributed by atoms with Crippen LogP contribution in [-0.4, -0.2) is 29.3 Å². The van der Waals surface area contributed by atoms with E-state index in [9.17, 15) is 0 Å². The molecule has 1 aliphatic heterocycles. The first-order chi connectivity index (χ1) is 9.24. The smallest absolute Gasteiger partial charge is 0.221 e. The molecule has 1 unspecified atom stereocenters. The minimum atomic E-state index is 0.169. The van der Waals surface area contributed by atoms with Crippen LogP contribution in [0.4, 0.5) is 5.82 Å². The molecular formula is C13H22N4O2. The van der Waals surface area contributed by atoms with E-state index in [1.54, 1.807) is 0 Å². The number of hydrazine groups is 1. The molecule has 6 nitrogen and oxygen atoms in total. The lowest BCUT2D eigenvalue weighted by Gasteiger charge is -2.23. The standard InChI is InChI=1S/C13H22N4O2/c1-3-11-15-12(17-14)9(2)13(16-11)19-8-10-6-4-5-7-18-10/h10H,3-8,14H2,1-2H3,(H,15,16,17). The molecular weight excluding hydrogens is 244 g/mol. The number of hydrogen-bond donors (Lipinski definition) is 2. The third-order valence-corrected chi connectivity index (χ3v) is 3.28. The van der Waals surface area contributed by atoms with E-state index in [4.69, 9.17) is 15.3 Å². The van der Waals surface area contributed by atoms with Gasteiger partial charge in [0.05, 0.1) is 11.7 Å². The highest BCUT2D eigenvalue weighted by Crippen LogP contribution is 2.22. The van der Waals surface area contributed by atoms with Crippen molar-refractivity contribution >= 4 is 5.82 Å². The van der Waals surface area contributed by atoms with Crippen molar-refractivity contribution in [2.45, 2.75) is 45.6 Å². The van der Waals surface area contributed by atoms with Crippen molar-refractivity contribution in [1.82, 2.24) is 9.97 Å². The Morgan fingerprint density at radius 1 is 1.42 bits per heavy atom. The fourth-order valence-corrected chi connectivity index (χ4v) is 2.09. The van der Waals surface area contributed by atoms with Crippen molar-refractivity contribution in [2.75, 3.05) is 18.6 Å². The van der Waals surface area contributed by atoms with Crippen molar-refractivity contribution in [3.8, 4) is 5.88 Å². The summed E-state index contributed by atoms with van der Waals surface area (Å²) in [6.07, 6.45) is 4.30. The number of rotatable bonds is 5. The molecule has 1 atom stereocenters. The minimum Gasteiger partial charge on any atom is -0.475 e. The molecule has 0 amide bonds. The molecule has 1 aliphatic rings. The summed E-state index contributed by atoms with van der Waals surface area (Å²) in [5.41, 5.74) is 3.42. The molecule has 19 heavy (non-hydrogen) atoms. The number of nitrogens with one attached hydrogen (secondary N) is 1. The van der Waals surface area contributed by atoms with Gasteiger partial charge in [0.25, 0.3) is 0 Å². The van der Waals surface area contributed by atoms with Gasteiger partial charge in [0, 0.05) is 13.0 Å². The number of aromatic nitrogens is 2. The molecule has 1 fully saturated rings. The van der Waals surface area contributed by atoms with Gasteiger partial charge in [-0.1, -0.05) is 6.92 Å². The molecule has 0 aromatic carbocycles. The zero-order valence-corrected chi connectivity index (χ0v) is 11.6. The third kappa shape index (κ3) is 3.54. The lowest BCUT2D eigenvalue weighted by atomic mass is 10.1. The van der Waals surface area contributed by atoms with Crippen LogP contribution in [0.25, 0.3) is 0 Å². The van der Waals surface area contributed by atoms with Gasteiger partial charge in [-0.2, -0.15) is 4.98 Å². The highest BCUT2D eigenvalue weighted by Gasteiger charge is 2.17. The first-order valence-corrected chi connectivity index (χ1v) is 6.83. The molecule has 6 heteroatoms. The van der Waals surface area contributed by atoms with Crippen LogP contribution in [0.15, 0.2) is 0 Å². The van der Waals surface area contributed by atoms with Gasteiger partial charge in [-0.25, -0.2) is 10.8 Å². The van der Waals surface area contributed by atoms with E-state index in [2.05, 4.69) is 15.4 Å². The van der Waals surface area contributed by atoms with Gasteiger partial charge in [-0.05, 0) is 26.2 Å². The Morgan fingerprint density at radius 3 is 2.89 bits per heavy atom. The summed E-state index contributed by atoms with van der Waals surface area (Å²) >= 11 is 0. The van der Waals surface area contributed by atoms with Crippen LogP contribution in [0.2, 0.25) is 0 Å². The molecule has 2 heterocycles. The summed E-state index contributed by atoms with van der Waals surface area (Å²) in [6, 6.07) is 0. The van der Waals surface area contributed by atoms with Crippen molar-refractivity contribution in [2.24, 2.45) is 5.84 Å². The van der Waals surface area contributed by atoms with Crippen molar-refractivity contribution in [1.29, 1.82) is 0 Å². The second kappa shape index (κ2) is 6.68. The lowest BCUT2D eigenvalue weighted by molar-refractivity contribution is -0.0121. The normalized spacial score (nSPS) is 19.2. The number of nitrogens with zero attached hydrogens (tertiary/aromatic N) is 2. The average Bonchev–Trinajstić information content (AvgIpc) is 2.47. The predicted molar refractivity (Wildman–Crippen MR) is 73.0 cm³/mol. The molecule has 0 saturated carbocycles. The van der Waals surface area contributed by atoms with Crippen LogP contribution in [0, 0.1) is 6.92 Å². The molecule has 1 aromatic rings. The van der Waals surface area contributed by atoms with Gasteiger partial charge in [0.1, 0.15) is 18.2 Å². The maximum absolute atomic E-state index is 5.79. The van der Waals surface area contributed by atoms with E-state index in [0.29, 0.717) is 18.3 Å². The molecule has 3 N–H and O–H groups in total. The van der Waals surface area contributed by atoms with E-state index in [1.807, 2.05) is 13.8 Å². The molecule has 1 aromatic heterocycles. The second-order valence-corrected chi connectivity index (χ2v) is 4.72. The van der Waals surface area contributed by atoms with Crippen LogP contribution < -0.4 is 16.0 Å². The molecule has 1 saturated heterocycles. The average molecular weight is 266 g/mol. The number of nitrogen functional groups attached to an aromatic ring is 1. The van der Waals surface area contributed by atoms with Crippen LogP contribution in [0.5, 0.6) is 5.88 Å². The Morgan fingerprint density at radius 2 is 2.26 bits per heavy atom. The molecule has 0 spiro atoms. The van der Waals surface area contributed by atoms with Gasteiger partial charge in [0.15, 0.2) is 0 Å². The molecule has 2 rings (SSSR count). The van der Waals surface area contributed by atoms with Gasteiger partial charge >= 0.3 is 0 Å². The van der Waals surface area contributed by atoms with Crippen LogP contribution >= 0.6 is 0 Å². The molecule has 0 radical (unpaired) electrons. The largest absolute Gasteiger partial charge is 0.475 e. The second-order valence-electron chi connectivity index (χ2n) is 4.72. The molecule has 0 aliphatic carbocycles. The Hall–Kier alpha value is -1.40. The van der Waals surface area contributed by atoms with Gasteiger partial charge in [0.2, 0.25) is 5.88 Å². The fraction of sp³-hybridized carbons (Fsp3) is 0.692. The van der Waals surface area contributed by atoms with Crippen molar-refractivity contribution in [3.05, 3.63) is 11.4 Å². The quantitative estimate of drug-likeness (QED) is 0.622. The van der Waals surface area contributed by atoms with Crippen molar-refractivity contribution in [3.63, 3.8) is 0 Å². The van der Waals surface area contributed by atoms with Crippen LogP contribution in [0.3, 0.4) is 0 Å². The van der Waals surface area contributed by atoms with E-state index in [0.717, 1.165) is 37.3 Å². The maximum Gasteiger partial charge on any atom is 0.221 e. The molecule has 0 bridgehead atoms. The molecule has 106 valence electrons. The monoisotopic (exact) mass is 266 g/mol. The summed E-state index contributed by atoms with van der Waals surface area (Å²) in [5, 5.41) is 0. The Labute approximate surface area is 113 Å². The lowest BCUT2D eigenvalue weighted by Crippen LogP contribution is -2.26. The van der Waals surface area contributed by atoms with Gasteiger partial charge in [-0.15, -0.1) is 0 Å². The number of hydrogen-bond acceptors (Lipinski definition) is 6. The summed E-state index contributed by atoms with van der Waals surface area (Å²) in [7, 11) is 0. The van der Waals surface area contributed by atoms with E-state index < -0.39 is 0 Å². The number of ether oxygens (including phenoxy) is 2. The zero-order chi connectivity index (χ0) is 13.7. The minimum absolute atomic E-state index is 0.169. The summed E-state index contributed by atoms with van der Waals surface area (Å²) in [6.45, 7) is 5.25. The van der Waals surface area contributed by atoms with Gasteiger partial charge in [-0.3, -0.25) is 0 Å². The first kappa shape index (κ1) is 14.0. The summed E-state index contributed by atoms with van der Waals surface area (Å²) in [4.78, 5) is 8.71. The van der Waals surface area contributed by atoms with Crippen LogP contribution in [0.1, 0.15) is 37.6 Å². The SMILES string of the molecule is CCc1nc(NN)c(C)c(OCC2CCCCO2)n1. The van der Waals surface area contributed by atoms with Gasteiger partial charge < -0.3 is 14.9 Å².